The molecule has 0 bridgehead atoms. The number of hydrogen-bond acceptors (Lipinski definition) is 5. The van der Waals surface area contributed by atoms with Crippen molar-refractivity contribution in [3.63, 3.8) is 0 Å². The number of amides is 1. The van der Waals surface area contributed by atoms with Gasteiger partial charge in [0.2, 0.25) is 0 Å². The van der Waals surface area contributed by atoms with Crippen LogP contribution in [-0.4, -0.2) is 36.9 Å². The van der Waals surface area contributed by atoms with Crippen molar-refractivity contribution in [3.8, 4) is 11.5 Å². The van der Waals surface area contributed by atoms with Gasteiger partial charge in [0.15, 0.2) is 11.5 Å². The topological polar surface area (TPSA) is 88.4 Å². The minimum atomic E-state index is -0.901. The van der Waals surface area contributed by atoms with Crippen LogP contribution in [0.3, 0.4) is 0 Å². The van der Waals surface area contributed by atoms with Crippen LogP contribution in [0.2, 0.25) is 0 Å². The van der Waals surface area contributed by atoms with Crippen molar-refractivity contribution in [2.45, 2.75) is 26.7 Å². The molecule has 1 aliphatic heterocycles. The van der Waals surface area contributed by atoms with Crippen molar-refractivity contribution < 1.29 is 24.2 Å². The smallest absolute Gasteiger partial charge is 0.307 e. The molecule has 0 aliphatic carbocycles. The van der Waals surface area contributed by atoms with Crippen molar-refractivity contribution >= 4 is 23.3 Å². The molecule has 1 heterocycles. The SMILES string of the molecule is COc1ccc(C2=NN(c3ccc(CC(=O)O)cc3)C(=O)C(C)(C)C2)cc1OC. The van der Waals surface area contributed by atoms with Gasteiger partial charge in [-0.15, -0.1) is 0 Å². The highest BCUT2D eigenvalue weighted by molar-refractivity contribution is 6.11. The van der Waals surface area contributed by atoms with Crippen molar-refractivity contribution in [2.75, 3.05) is 19.2 Å². The number of aliphatic carboxylic acids is 1. The molecule has 0 unspecified atom stereocenters. The lowest BCUT2D eigenvalue weighted by Gasteiger charge is -2.34. The highest BCUT2D eigenvalue weighted by Crippen LogP contribution is 2.35. The molecule has 2 aromatic rings. The number of anilines is 1. The van der Waals surface area contributed by atoms with E-state index >= 15 is 0 Å². The molecular formula is C22H24N2O5. The zero-order valence-electron chi connectivity index (χ0n) is 16.9. The summed E-state index contributed by atoms with van der Waals surface area (Å²) in [6, 6.07) is 12.4. The van der Waals surface area contributed by atoms with Gasteiger partial charge in [-0.3, -0.25) is 9.59 Å². The fraction of sp³-hybridized carbons (Fsp3) is 0.318. The molecule has 1 aliphatic rings. The second kappa shape index (κ2) is 7.95. The van der Waals surface area contributed by atoms with Gasteiger partial charge in [0.05, 0.1) is 37.5 Å². The third kappa shape index (κ3) is 4.23. The maximum Gasteiger partial charge on any atom is 0.307 e. The number of nitrogens with zero attached hydrogens (tertiary/aromatic N) is 2. The summed E-state index contributed by atoms with van der Waals surface area (Å²) in [7, 11) is 3.15. The molecule has 0 radical (unpaired) electrons. The molecule has 1 amide bonds. The van der Waals surface area contributed by atoms with Gasteiger partial charge in [0.1, 0.15) is 0 Å². The number of methoxy groups -OCH3 is 2. The first kappa shape index (κ1) is 20.4. The maximum absolute atomic E-state index is 13.0. The second-order valence-electron chi connectivity index (χ2n) is 7.53. The highest BCUT2D eigenvalue weighted by atomic mass is 16.5. The van der Waals surface area contributed by atoms with Gasteiger partial charge in [0.25, 0.3) is 5.91 Å². The Morgan fingerprint density at radius 1 is 1.10 bits per heavy atom. The fourth-order valence-corrected chi connectivity index (χ4v) is 3.26. The molecule has 1 N–H and O–H groups in total. The first-order valence-corrected chi connectivity index (χ1v) is 9.20. The Bertz CT molecular complexity index is 964. The van der Waals surface area contributed by atoms with Gasteiger partial charge in [-0.1, -0.05) is 26.0 Å². The van der Waals surface area contributed by atoms with E-state index in [1.54, 1.807) is 38.5 Å². The standard InChI is InChI=1S/C22H24N2O5/c1-22(2)13-17(15-7-10-18(28-3)19(12-15)29-4)23-24(21(22)27)16-8-5-14(6-9-16)11-20(25)26/h5-10,12H,11,13H2,1-4H3,(H,25,26). The average Bonchev–Trinajstić information content (AvgIpc) is 2.69. The van der Waals surface area contributed by atoms with Crippen molar-refractivity contribution in [3.05, 3.63) is 53.6 Å². The van der Waals surface area contributed by atoms with Crippen LogP contribution in [0, 0.1) is 5.41 Å². The molecule has 152 valence electrons. The first-order chi connectivity index (χ1) is 13.7. The fourth-order valence-electron chi connectivity index (χ4n) is 3.26. The zero-order valence-corrected chi connectivity index (χ0v) is 16.9. The number of ether oxygens (including phenoxy) is 2. The molecule has 3 rings (SSSR count). The highest BCUT2D eigenvalue weighted by Gasteiger charge is 2.39. The summed E-state index contributed by atoms with van der Waals surface area (Å²) in [4.78, 5) is 23.9. The van der Waals surface area contributed by atoms with E-state index in [1.165, 1.54) is 5.01 Å². The predicted molar refractivity (Wildman–Crippen MR) is 110 cm³/mol. The zero-order chi connectivity index (χ0) is 21.2. The number of hydrazone groups is 1. The van der Waals surface area contributed by atoms with Gasteiger partial charge in [0, 0.05) is 12.0 Å². The van der Waals surface area contributed by atoms with E-state index in [0.717, 1.165) is 11.3 Å². The van der Waals surface area contributed by atoms with E-state index in [4.69, 9.17) is 14.6 Å². The number of rotatable bonds is 6. The van der Waals surface area contributed by atoms with E-state index in [0.29, 0.717) is 29.2 Å². The summed E-state index contributed by atoms with van der Waals surface area (Å²) in [5.74, 6) is 0.190. The molecular weight excluding hydrogens is 372 g/mol. The summed E-state index contributed by atoms with van der Waals surface area (Å²) in [5.41, 5.74) is 2.20. The van der Waals surface area contributed by atoms with Gasteiger partial charge in [-0.2, -0.15) is 5.10 Å². The van der Waals surface area contributed by atoms with Crippen LogP contribution in [0.1, 0.15) is 31.4 Å². The molecule has 7 heteroatoms. The van der Waals surface area contributed by atoms with Crippen LogP contribution in [0.15, 0.2) is 47.6 Å². The first-order valence-electron chi connectivity index (χ1n) is 9.20. The van der Waals surface area contributed by atoms with E-state index < -0.39 is 11.4 Å². The van der Waals surface area contributed by atoms with Crippen LogP contribution in [0.4, 0.5) is 5.69 Å². The van der Waals surface area contributed by atoms with Gasteiger partial charge < -0.3 is 14.6 Å². The summed E-state index contributed by atoms with van der Waals surface area (Å²) in [6.45, 7) is 3.77. The van der Waals surface area contributed by atoms with Crippen molar-refractivity contribution in [2.24, 2.45) is 10.5 Å². The average molecular weight is 396 g/mol. The Morgan fingerprint density at radius 2 is 1.76 bits per heavy atom. The monoisotopic (exact) mass is 396 g/mol. The van der Waals surface area contributed by atoms with Gasteiger partial charge in [-0.25, -0.2) is 5.01 Å². The summed E-state index contributed by atoms with van der Waals surface area (Å²) < 4.78 is 10.7. The quantitative estimate of drug-likeness (QED) is 0.807. The largest absolute Gasteiger partial charge is 0.493 e. The minimum absolute atomic E-state index is 0.0696. The lowest BCUT2D eigenvalue weighted by atomic mass is 9.82. The molecule has 0 saturated heterocycles. The Morgan fingerprint density at radius 3 is 2.34 bits per heavy atom. The van der Waals surface area contributed by atoms with Crippen LogP contribution in [-0.2, 0) is 16.0 Å². The minimum Gasteiger partial charge on any atom is -0.493 e. The lowest BCUT2D eigenvalue weighted by molar-refractivity contribution is -0.136. The molecule has 0 spiro atoms. The summed E-state index contributed by atoms with van der Waals surface area (Å²) in [5, 5.41) is 14.9. The molecule has 7 nitrogen and oxygen atoms in total. The van der Waals surface area contributed by atoms with Crippen LogP contribution in [0.5, 0.6) is 11.5 Å². The van der Waals surface area contributed by atoms with Gasteiger partial charge in [-0.05, 0) is 35.9 Å². The predicted octanol–water partition coefficient (Wildman–Crippen LogP) is 3.50. The Hall–Kier alpha value is -3.35. The van der Waals surface area contributed by atoms with Crippen LogP contribution < -0.4 is 14.5 Å². The molecule has 2 aromatic carbocycles. The Kier molecular flexibility index (Phi) is 5.59. The van der Waals surface area contributed by atoms with E-state index in [-0.39, 0.29) is 12.3 Å². The maximum atomic E-state index is 13.0. The third-order valence-corrected chi connectivity index (χ3v) is 4.85. The number of carboxylic acids is 1. The number of carboxylic acid groups (broad SMARTS) is 1. The van der Waals surface area contributed by atoms with Crippen molar-refractivity contribution in [1.29, 1.82) is 0 Å². The second-order valence-corrected chi connectivity index (χ2v) is 7.53. The number of carbonyl (C=O) groups excluding carboxylic acids is 1. The number of carbonyl (C=O) groups is 2. The van der Waals surface area contributed by atoms with Gasteiger partial charge >= 0.3 is 5.97 Å². The molecule has 29 heavy (non-hydrogen) atoms. The molecule has 0 aromatic heterocycles. The number of hydrogen-bond donors (Lipinski definition) is 1. The van der Waals surface area contributed by atoms with Crippen LogP contribution >= 0.6 is 0 Å². The lowest BCUT2D eigenvalue weighted by Crippen LogP contribution is -2.44. The van der Waals surface area contributed by atoms with E-state index in [2.05, 4.69) is 5.10 Å². The Balaban J connectivity index is 2.00. The van der Waals surface area contributed by atoms with E-state index in [1.807, 2.05) is 32.0 Å². The van der Waals surface area contributed by atoms with Crippen LogP contribution in [0.25, 0.3) is 0 Å². The third-order valence-electron chi connectivity index (χ3n) is 4.85. The molecule has 0 atom stereocenters. The Labute approximate surface area is 169 Å². The number of benzene rings is 2. The molecule has 0 saturated carbocycles. The normalized spacial score (nSPS) is 15.7. The summed E-state index contributed by atoms with van der Waals surface area (Å²) in [6.07, 6.45) is 0.412. The summed E-state index contributed by atoms with van der Waals surface area (Å²) >= 11 is 0. The van der Waals surface area contributed by atoms with Crippen molar-refractivity contribution in [1.82, 2.24) is 0 Å². The van der Waals surface area contributed by atoms with E-state index in [9.17, 15) is 9.59 Å². The molecule has 0 fully saturated rings.